The van der Waals surface area contributed by atoms with Crippen molar-refractivity contribution in [3.8, 4) is 17.2 Å². The molecule has 0 saturated carbocycles. The first-order valence-electron chi connectivity index (χ1n) is 5.83. The Kier molecular flexibility index (Phi) is 4.03. The highest BCUT2D eigenvalue weighted by atomic mass is 16.5. The lowest BCUT2D eigenvalue weighted by Gasteiger charge is -2.08. The van der Waals surface area contributed by atoms with Gasteiger partial charge in [0.2, 0.25) is 0 Å². The van der Waals surface area contributed by atoms with E-state index in [0.29, 0.717) is 11.5 Å². The molecule has 0 unspecified atom stereocenters. The third-order valence-electron chi connectivity index (χ3n) is 2.39. The third-order valence-corrected chi connectivity index (χ3v) is 2.39. The lowest BCUT2D eigenvalue weighted by molar-refractivity contribution is -0.142. The molecule has 0 aromatic heterocycles. The minimum Gasteiger partial charge on any atom is -0.508 e. The van der Waals surface area contributed by atoms with Gasteiger partial charge in [-0.25, -0.2) is 0 Å². The lowest BCUT2D eigenvalue weighted by atomic mass is 10.2. The standard InChI is InChI=1S/C15H14O4/c1-11(16)18-10-12-4-2-6-14(8-12)19-15-7-3-5-13(17)9-15/h2-9,17H,10H2,1H3. The van der Waals surface area contributed by atoms with Crippen molar-refractivity contribution in [1.82, 2.24) is 0 Å². The van der Waals surface area contributed by atoms with Crippen molar-refractivity contribution in [2.75, 3.05) is 0 Å². The van der Waals surface area contributed by atoms with Gasteiger partial charge in [0, 0.05) is 13.0 Å². The fraction of sp³-hybridized carbons (Fsp3) is 0.133. The minimum absolute atomic E-state index is 0.147. The van der Waals surface area contributed by atoms with E-state index in [2.05, 4.69) is 0 Å². The van der Waals surface area contributed by atoms with Crippen LogP contribution in [0.25, 0.3) is 0 Å². The summed E-state index contributed by atoms with van der Waals surface area (Å²) in [6.45, 7) is 1.58. The van der Waals surface area contributed by atoms with Gasteiger partial charge in [0.15, 0.2) is 0 Å². The fourth-order valence-electron chi connectivity index (χ4n) is 1.57. The van der Waals surface area contributed by atoms with Gasteiger partial charge < -0.3 is 14.6 Å². The van der Waals surface area contributed by atoms with Crippen LogP contribution in [0.15, 0.2) is 48.5 Å². The quantitative estimate of drug-likeness (QED) is 0.855. The molecule has 0 saturated heterocycles. The van der Waals surface area contributed by atoms with Crippen molar-refractivity contribution in [3.05, 3.63) is 54.1 Å². The number of esters is 1. The summed E-state index contributed by atoms with van der Waals surface area (Å²) in [5, 5.41) is 9.35. The number of hydrogen-bond acceptors (Lipinski definition) is 4. The topological polar surface area (TPSA) is 55.8 Å². The molecule has 98 valence electrons. The van der Waals surface area contributed by atoms with Crippen molar-refractivity contribution in [1.29, 1.82) is 0 Å². The van der Waals surface area contributed by atoms with Gasteiger partial charge in [-0.3, -0.25) is 4.79 Å². The van der Waals surface area contributed by atoms with Crippen LogP contribution in [0.2, 0.25) is 0 Å². The van der Waals surface area contributed by atoms with E-state index in [1.807, 2.05) is 12.1 Å². The Balaban J connectivity index is 2.08. The van der Waals surface area contributed by atoms with E-state index in [0.717, 1.165) is 5.56 Å². The van der Waals surface area contributed by atoms with Gasteiger partial charge in [0.25, 0.3) is 0 Å². The summed E-state index contributed by atoms with van der Waals surface area (Å²) in [5.41, 5.74) is 0.841. The summed E-state index contributed by atoms with van der Waals surface area (Å²) in [4.78, 5) is 10.7. The molecule has 0 spiro atoms. The first-order valence-corrected chi connectivity index (χ1v) is 5.83. The highest BCUT2D eigenvalue weighted by molar-refractivity contribution is 5.65. The molecule has 4 nitrogen and oxygen atoms in total. The van der Waals surface area contributed by atoms with E-state index in [1.165, 1.54) is 13.0 Å². The Bertz CT molecular complexity index is 578. The van der Waals surface area contributed by atoms with Gasteiger partial charge in [0.05, 0.1) is 0 Å². The number of rotatable bonds is 4. The molecule has 0 aliphatic heterocycles. The summed E-state index contributed by atoms with van der Waals surface area (Å²) < 4.78 is 10.5. The van der Waals surface area contributed by atoms with Crippen LogP contribution in [-0.4, -0.2) is 11.1 Å². The van der Waals surface area contributed by atoms with Gasteiger partial charge in [0.1, 0.15) is 23.9 Å². The Morgan fingerprint density at radius 1 is 1.11 bits per heavy atom. The van der Waals surface area contributed by atoms with Crippen LogP contribution in [0.1, 0.15) is 12.5 Å². The largest absolute Gasteiger partial charge is 0.508 e. The second-order valence-electron chi connectivity index (χ2n) is 4.03. The molecule has 0 fully saturated rings. The lowest BCUT2D eigenvalue weighted by Crippen LogP contribution is -1.98. The van der Waals surface area contributed by atoms with Crippen LogP contribution in [0.5, 0.6) is 17.2 Å². The molecule has 1 N–H and O–H groups in total. The van der Waals surface area contributed by atoms with Gasteiger partial charge in [-0.15, -0.1) is 0 Å². The predicted octanol–water partition coefficient (Wildman–Crippen LogP) is 3.25. The van der Waals surface area contributed by atoms with Gasteiger partial charge in [-0.2, -0.15) is 0 Å². The van der Waals surface area contributed by atoms with E-state index in [-0.39, 0.29) is 18.3 Å². The number of phenolic OH excluding ortho intramolecular Hbond substituents is 1. The Morgan fingerprint density at radius 2 is 1.79 bits per heavy atom. The Labute approximate surface area is 111 Å². The maximum Gasteiger partial charge on any atom is 0.302 e. The molecule has 2 aromatic rings. The number of aromatic hydroxyl groups is 1. The molecule has 4 heteroatoms. The third kappa shape index (κ3) is 4.03. The zero-order chi connectivity index (χ0) is 13.7. The molecule has 0 aliphatic carbocycles. The first kappa shape index (κ1) is 13.0. The molecule has 19 heavy (non-hydrogen) atoms. The van der Waals surface area contributed by atoms with Crippen LogP contribution < -0.4 is 4.74 Å². The van der Waals surface area contributed by atoms with Gasteiger partial charge in [-0.1, -0.05) is 18.2 Å². The molecular weight excluding hydrogens is 244 g/mol. The highest BCUT2D eigenvalue weighted by Crippen LogP contribution is 2.25. The molecule has 0 aliphatic rings. The second kappa shape index (κ2) is 5.91. The van der Waals surface area contributed by atoms with Crippen LogP contribution in [0.3, 0.4) is 0 Å². The van der Waals surface area contributed by atoms with Crippen molar-refractivity contribution in [2.24, 2.45) is 0 Å². The number of phenols is 1. The molecule has 0 atom stereocenters. The average Bonchev–Trinajstić information content (AvgIpc) is 2.37. The zero-order valence-corrected chi connectivity index (χ0v) is 10.5. The fourth-order valence-corrected chi connectivity index (χ4v) is 1.57. The molecule has 0 bridgehead atoms. The van der Waals surface area contributed by atoms with Gasteiger partial charge >= 0.3 is 5.97 Å². The van der Waals surface area contributed by atoms with E-state index >= 15 is 0 Å². The summed E-state index contributed by atoms with van der Waals surface area (Å²) in [6.07, 6.45) is 0. The Hall–Kier alpha value is -2.49. The van der Waals surface area contributed by atoms with Crippen molar-refractivity contribution >= 4 is 5.97 Å². The number of benzene rings is 2. The van der Waals surface area contributed by atoms with Crippen LogP contribution in [0, 0.1) is 0 Å². The van der Waals surface area contributed by atoms with Crippen LogP contribution in [0.4, 0.5) is 0 Å². The molecular formula is C15H14O4. The normalized spacial score (nSPS) is 9.95. The molecule has 0 radical (unpaired) electrons. The summed E-state index contributed by atoms with van der Waals surface area (Å²) >= 11 is 0. The Morgan fingerprint density at radius 3 is 2.47 bits per heavy atom. The second-order valence-corrected chi connectivity index (χ2v) is 4.03. The van der Waals surface area contributed by atoms with Crippen LogP contribution >= 0.6 is 0 Å². The average molecular weight is 258 g/mol. The maximum absolute atomic E-state index is 10.7. The first-order chi connectivity index (χ1) is 9.13. The number of hydrogen-bond donors (Lipinski definition) is 1. The van der Waals surface area contributed by atoms with E-state index in [1.54, 1.807) is 30.3 Å². The molecule has 0 heterocycles. The molecule has 0 amide bonds. The minimum atomic E-state index is -0.320. The molecule has 2 rings (SSSR count). The molecule has 2 aromatic carbocycles. The van der Waals surface area contributed by atoms with Crippen molar-refractivity contribution < 1.29 is 19.4 Å². The monoisotopic (exact) mass is 258 g/mol. The maximum atomic E-state index is 10.7. The summed E-state index contributed by atoms with van der Waals surface area (Å²) in [5.74, 6) is 0.993. The van der Waals surface area contributed by atoms with Crippen molar-refractivity contribution in [2.45, 2.75) is 13.5 Å². The summed E-state index contributed by atoms with van der Waals surface area (Å²) in [7, 11) is 0. The van der Waals surface area contributed by atoms with Crippen molar-refractivity contribution in [3.63, 3.8) is 0 Å². The highest BCUT2D eigenvalue weighted by Gasteiger charge is 2.01. The smallest absolute Gasteiger partial charge is 0.302 e. The number of ether oxygens (including phenoxy) is 2. The predicted molar refractivity (Wildman–Crippen MR) is 70.1 cm³/mol. The summed E-state index contributed by atoms with van der Waals surface area (Å²) in [6, 6.07) is 13.8. The van der Waals surface area contributed by atoms with E-state index < -0.39 is 0 Å². The van der Waals surface area contributed by atoms with E-state index in [4.69, 9.17) is 9.47 Å². The van der Waals surface area contributed by atoms with Crippen LogP contribution in [-0.2, 0) is 16.1 Å². The van der Waals surface area contributed by atoms with E-state index in [9.17, 15) is 9.90 Å². The number of carbonyl (C=O) groups is 1. The SMILES string of the molecule is CC(=O)OCc1cccc(Oc2cccc(O)c2)c1. The number of carbonyl (C=O) groups excluding carboxylic acids is 1. The van der Waals surface area contributed by atoms with Gasteiger partial charge in [-0.05, 0) is 29.8 Å². The zero-order valence-electron chi connectivity index (χ0n) is 10.5.